The number of carbonyl (C=O) groups is 1. The van der Waals surface area contributed by atoms with Crippen molar-refractivity contribution in [2.75, 3.05) is 20.3 Å². The summed E-state index contributed by atoms with van der Waals surface area (Å²) in [6.45, 7) is 1.71. The second kappa shape index (κ2) is 11.1. The highest BCUT2D eigenvalue weighted by molar-refractivity contribution is 7.98. The number of fused-ring (bicyclic) bond motifs is 1. The van der Waals surface area contributed by atoms with E-state index in [0.717, 1.165) is 33.7 Å². The average molecular weight is 465 g/mol. The molecule has 170 valence electrons. The Morgan fingerprint density at radius 2 is 2.00 bits per heavy atom. The van der Waals surface area contributed by atoms with Gasteiger partial charge in [0.15, 0.2) is 5.16 Å². The third-order valence-corrected chi connectivity index (χ3v) is 6.19. The van der Waals surface area contributed by atoms with Crippen molar-refractivity contribution in [1.29, 1.82) is 0 Å². The Kier molecular flexibility index (Phi) is 7.70. The molecule has 0 unspecified atom stereocenters. The fourth-order valence-electron chi connectivity index (χ4n) is 3.45. The van der Waals surface area contributed by atoms with Crippen LogP contribution in [0.5, 0.6) is 0 Å². The molecule has 2 aromatic heterocycles. The van der Waals surface area contributed by atoms with Crippen LogP contribution in [0, 0.1) is 5.82 Å². The molecule has 0 spiro atoms. The molecule has 0 saturated heterocycles. The lowest BCUT2D eigenvalue weighted by Crippen LogP contribution is -2.25. The van der Waals surface area contributed by atoms with E-state index in [2.05, 4.69) is 14.9 Å². The van der Waals surface area contributed by atoms with Gasteiger partial charge in [-0.15, -0.1) is 0 Å². The highest BCUT2D eigenvalue weighted by atomic mass is 32.2. The van der Waals surface area contributed by atoms with E-state index in [9.17, 15) is 9.18 Å². The number of amides is 1. The summed E-state index contributed by atoms with van der Waals surface area (Å²) in [4.78, 5) is 21.2. The minimum absolute atomic E-state index is 0.0882. The second-order valence-electron chi connectivity index (χ2n) is 7.56. The van der Waals surface area contributed by atoms with Crippen molar-refractivity contribution < 1.29 is 13.9 Å². The number of ether oxygens (including phenoxy) is 1. The van der Waals surface area contributed by atoms with Crippen LogP contribution in [-0.2, 0) is 17.0 Å². The maximum atomic E-state index is 13.7. The standard InChI is InChI=1S/C25H25FN4O2S/c1-32-13-3-11-28-24(31)20-8-6-18(7-9-20)17-33-25-29-22-10-12-27-15-23(22)30(25)16-19-4-2-5-21(26)14-19/h2,4-10,12,14-15H,3,11,13,16-17H2,1H3,(H,28,31). The smallest absolute Gasteiger partial charge is 0.251 e. The third kappa shape index (κ3) is 5.97. The van der Waals surface area contributed by atoms with E-state index >= 15 is 0 Å². The molecule has 0 fully saturated rings. The van der Waals surface area contributed by atoms with Crippen LogP contribution < -0.4 is 5.32 Å². The van der Waals surface area contributed by atoms with E-state index in [-0.39, 0.29) is 11.7 Å². The van der Waals surface area contributed by atoms with Crippen LogP contribution in [0.15, 0.2) is 72.1 Å². The molecule has 0 aliphatic rings. The molecule has 1 N–H and O–H groups in total. The number of hydrogen-bond donors (Lipinski definition) is 1. The highest BCUT2D eigenvalue weighted by Gasteiger charge is 2.13. The van der Waals surface area contributed by atoms with Crippen molar-refractivity contribution >= 4 is 28.7 Å². The first-order valence-corrected chi connectivity index (χ1v) is 11.7. The molecule has 0 aliphatic carbocycles. The fourth-order valence-corrected chi connectivity index (χ4v) is 4.42. The molecule has 0 aliphatic heterocycles. The molecule has 6 nitrogen and oxygen atoms in total. The van der Waals surface area contributed by atoms with Gasteiger partial charge in [0.05, 0.1) is 23.8 Å². The van der Waals surface area contributed by atoms with E-state index in [1.807, 2.05) is 36.4 Å². The fraction of sp³-hybridized carbons (Fsp3) is 0.240. The number of aromatic nitrogens is 3. The number of benzene rings is 2. The van der Waals surface area contributed by atoms with Gasteiger partial charge in [-0.25, -0.2) is 9.37 Å². The zero-order valence-electron chi connectivity index (χ0n) is 18.3. The van der Waals surface area contributed by atoms with Gasteiger partial charge in [0.1, 0.15) is 5.82 Å². The molecule has 0 radical (unpaired) electrons. The number of pyridine rings is 1. The van der Waals surface area contributed by atoms with Crippen LogP contribution in [0.2, 0.25) is 0 Å². The van der Waals surface area contributed by atoms with Gasteiger partial charge in [-0.1, -0.05) is 36.0 Å². The largest absolute Gasteiger partial charge is 0.385 e. The molecule has 2 heterocycles. The predicted molar refractivity (Wildman–Crippen MR) is 128 cm³/mol. The number of methoxy groups -OCH3 is 1. The van der Waals surface area contributed by atoms with E-state index in [4.69, 9.17) is 9.72 Å². The van der Waals surface area contributed by atoms with Crippen molar-refractivity contribution in [3.63, 3.8) is 0 Å². The third-order valence-electron chi connectivity index (χ3n) is 5.14. The number of nitrogens with zero attached hydrogens (tertiary/aromatic N) is 3. The van der Waals surface area contributed by atoms with E-state index in [1.54, 1.807) is 37.3 Å². The van der Waals surface area contributed by atoms with Crippen LogP contribution >= 0.6 is 11.8 Å². The minimum atomic E-state index is -0.257. The minimum Gasteiger partial charge on any atom is -0.385 e. The van der Waals surface area contributed by atoms with Crippen molar-refractivity contribution in [2.45, 2.75) is 23.9 Å². The van der Waals surface area contributed by atoms with Gasteiger partial charge >= 0.3 is 0 Å². The summed E-state index contributed by atoms with van der Waals surface area (Å²) in [6.07, 6.45) is 4.28. The van der Waals surface area contributed by atoms with E-state index < -0.39 is 0 Å². The zero-order chi connectivity index (χ0) is 23.0. The summed E-state index contributed by atoms with van der Waals surface area (Å²) in [5.74, 6) is 0.345. The lowest BCUT2D eigenvalue weighted by molar-refractivity contribution is 0.0948. The van der Waals surface area contributed by atoms with Gasteiger partial charge in [0, 0.05) is 37.8 Å². The molecule has 4 aromatic rings. The number of rotatable bonds is 10. The highest BCUT2D eigenvalue weighted by Crippen LogP contribution is 2.27. The number of imidazole rings is 1. The SMILES string of the molecule is COCCCNC(=O)c1ccc(CSc2nc3ccncc3n2Cc2cccc(F)c2)cc1. The Morgan fingerprint density at radius 1 is 1.15 bits per heavy atom. The zero-order valence-corrected chi connectivity index (χ0v) is 19.1. The molecular weight excluding hydrogens is 439 g/mol. The molecule has 33 heavy (non-hydrogen) atoms. The quantitative estimate of drug-likeness (QED) is 0.273. The van der Waals surface area contributed by atoms with Gasteiger partial charge < -0.3 is 14.6 Å². The van der Waals surface area contributed by atoms with Crippen molar-refractivity contribution in [3.8, 4) is 0 Å². The van der Waals surface area contributed by atoms with Gasteiger partial charge in [0.25, 0.3) is 5.91 Å². The maximum Gasteiger partial charge on any atom is 0.251 e. The van der Waals surface area contributed by atoms with Crippen LogP contribution in [0.1, 0.15) is 27.9 Å². The first-order chi connectivity index (χ1) is 16.1. The Bertz CT molecular complexity index is 1230. The molecule has 4 rings (SSSR count). The molecule has 1 amide bonds. The Labute approximate surface area is 196 Å². The topological polar surface area (TPSA) is 69.0 Å². The van der Waals surface area contributed by atoms with Crippen LogP contribution in [0.25, 0.3) is 11.0 Å². The summed E-state index contributed by atoms with van der Waals surface area (Å²) in [5.41, 5.74) is 4.33. The van der Waals surface area contributed by atoms with Crippen molar-refractivity contribution in [3.05, 3.63) is 89.5 Å². The molecule has 8 heteroatoms. The van der Waals surface area contributed by atoms with Crippen LogP contribution in [-0.4, -0.2) is 40.7 Å². The monoisotopic (exact) mass is 464 g/mol. The normalized spacial score (nSPS) is 11.1. The van der Waals surface area contributed by atoms with E-state index in [1.165, 1.54) is 12.1 Å². The average Bonchev–Trinajstić information content (AvgIpc) is 3.18. The predicted octanol–water partition coefficient (Wildman–Crippen LogP) is 4.68. The van der Waals surface area contributed by atoms with E-state index in [0.29, 0.717) is 31.0 Å². The van der Waals surface area contributed by atoms with Gasteiger partial charge in [-0.3, -0.25) is 9.78 Å². The number of carbonyl (C=O) groups excluding carboxylic acids is 1. The van der Waals surface area contributed by atoms with Gasteiger partial charge in [-0.2, -0.15) is 0 Å². The Morgan fingerprint density at radius 3 is 2.79 bits per heavy atom. The summed E-state index contributed by atoms with van der Waals surface area (Å²) in [6, 6.07) is 16.1. The summed E-state index contributed by atoms with van der Waals surface area (Å²) in [5, 5.41) is 3.73. The van der Waals surface area contributed by atoms with Crippen LogP contribution in [0.3, 0.4) is 0 Å². The summed E-state index contributed by atoms with van der Waals surface area (Å²) >= 11 is 1.60. The number of nitrogens with one attached hydrogen (secondary N) is 1. The number of thioether (sulfide) groups is 1. The molecule has 2 aromatic carbocycles. The van der Waals surface area contributed by atoms with Gasteiger partial charge in [-0.05, 0) is 47.9 Å². The first kappa shape index (κ1) is 22.9. The van der Waals surface area contributed by atoms with Crippen molar-refractivity contribution in [1.82, 2.24) is 19.9 Å². The first-order valence-electron chi connectivity index (χ1n) is 10.7. The van der Waals surface area contributed by atoms with Crippen LogP contribution in [0.4, 0.5) is 4.39 Å². The Balaban J connectivity index is 1.45. The maximum absolute atomic E-state index is 13.7. The Hall–Kier alpha value is -3.23. The molecule has 0 atom stereocenters. The number of hydrogen-bond acceptors (Lipinski definition) is 5. The number of halogens is 1. The molecule has 0 bridgehead atoms. The molecular formula is C25H25FN4O2S. The second-order valence-corrected chi connectivity index (χ2v) is 8.51. The lowest BCUT2D eigenvalue weighted by atomic mass is 10.1. The lowest BCUT2D eigenvalue weighted by Gasteiger charge is -2.10. The summed E-state index contributed by atoms with van der Waals surface area (Å²) in [7, 11) is 1.64. The molecule has 0 saturated carbocycles. The summed E-state index contributed by atoms with van der Waals surface area (Å²) < 4.78 is 20.7. The van der Waals surface area contributed by atoms with Gasteiger partial charge in [0.2, 0.25) is 0 Å². The van der Waals surface area contributed by atoms with Crippen molar-refractivity contribution in [2.24, 2.45) is 0 Å².